The Morgan fingerprint density at radius 3 is 2.55 bits per heavy atom. The average molecular weight is 216 g/mol. The summed E-state index contributed by atoms with van der Waals surface area (Å²) in [6.45, 7) is 2.67. The van der Waals surface area contributed by atoms with Crippen LogP contribution in [0.1, 0.15) is 13.3 Å². The topological polar surface area (TPSA) is 9.23 Å². The molecule has 4 heteroatoms. The van der Waals surface area contributed by atoms with Crippen LogP contribution in [0.3, 0.4) is 0 Å². The fraction of sp³-hybridized carbons (Fsp3) is 0.714. The van der Waals surface area contributed by atoms with Crippen molar-refractivity contribution < 1.29 is 4.74 Å². The van der Waals surface area contributed by atoms with Gasteiger partial charge in [-0.1, -0.05) is 34.8 Å². The average Bonchev–Trinajstić information content (AvgIpc) is 2.67. The summed E-state index contributed by atoms with van der Waals surface area (Å²) < 4.78 is 5.47. The molecule has 1 nitrogen and oxygen atoms in total. The normalized spacial score (nSPS) is 28.4. The Labute approximate surface area is 81.3 Å². The van der Waals surface area contributed by atoms with Gasteiger partial charge < -0.3 is 4.74 Å². The number of hydrogen-bond acceptors (Lipinski definition) is 1. The number of hydrogen-bond donors (Lipinski definition) is 0. The van der Waals surface area contributed by atoms with Crippen molar-refractivity contribution in [3.63, 3.8) is 0 Å². The van der Waals surface area contributed by atoms with E-state index in [1.54, 1.807) is 0 Å². The number of ether oxygens (including phenoxy) is 1. The monoisotopic (exact) mass is 214 g/mol. The van der Waals surface area contributed by atoms with Gasteiger partial charge in [-0.3, -0.25) is 0 Å². The third-order valence-corrected chi connectivity index (χ3v) is 2.69. The molecular formula is C7H9Cl3O. The predicted molar refractivity (Wildman–Crippen MR) is 48.1 cm³/mol. The lowest BCUT2D eigenvalue weighted by molar-refractivity contribution is 0.125. The molecule has 0 saturated heterocycles. The minimum absolute atomic E-state index is 0.166. The molecule has 0 unspecified atom stereocenters. The van der Waals surface area contributed by atoms with Crippen LogP contribution < -0.4 is 0 Å². The highest BCUT2D eigenvalue weighted by Crippen LogP contribution is 2.44. The smallest absolute Gasteiger partial charge is 0.121 e. The van der Waals surface area contributed by atoms with Gasteiger partial charge in [-0.15, -0.1) is 0 Å². The minimum atomic E-state index is 0.166. The molecule has 1 aliphatic carbocycles. The van der Waals surface area contributed by atoms with Crippen LogP contribution in [0.4, 0.5) is 0 Å². The van der Waals surface area contributed by atoms with Crippen LogP contribution >= 0.6 is 34.8 Å². The summed E-state index contributed by atoms with van der Waals surface area (Å²) >= 11 is 16.8. The molecule has 0 amide bonds. The van der Waals surface area contributed by atoms with Crippen LogP contribution in [0.5, 0.6) is 0 Å². The van der Waals surface area contributed by atoms with Crippen molar-refractivity contribution in [2.45, 2.75) is 19.4 Å². The Balaban J connectivity index is 2.38. The maximum Gasteiger partial charge on any atom is 0.121 e. The second-order valence-electron chi connectivity index (χ2n) is 2.44. The van der Waals surface area contributed by atoms with Gasteiger partial charge in [0.2, 0.25) is 0 Å². The summed E-state index contributed by atoms with van der Waals surface area (Å²) in [5, 5.41) is 0.534. The summed E-state index contributed by atoms with van der Waals surface area (Å²) in [4.78, 5) is 0. The van der Waals surface area contributed by atoms with Crippen molar-refractivity contribution in [2.75, 3.05) is 6.61 Å². The van der Waals surface area contributed by atoms with Crippen LogP contribution in [-0.2, 0) is 4.74 Å². The molecular weight excluding hydrogens is 206 g/mol. The standard InChI is InChI=1S/C7H9Cl3O/c1-2-11-5-3-4(5)6(8)7(9)10/h4-5H,2-3H2,1H3/t4-,5-/m0/s1. The van der Waals surface area contributed by atoms with E-state index in [2.05, 4.69) is 0 Å². The first-order valence-electron chi connectivity index (χ1n) is 3.49. The van der Waals surface area contributed by atoms with Crippen molar-refractivity contribution >= 4 is 34.8 Å². The van der Waals surface area contributed by atoms with Gasteiger partial charge >= 0.3 is 0 Å². The molecule has 0 radical (unpaired) electrons. The lowest BCUT2D eigenvalue weighted by Crippen LogP contribution is -1.95. The molecule has 0 bridgehead atoms. The number of halogens is 3. The van der Waals surface area contributed by atoms with Gasteiger partial charge in [-0.2, -0.15) is 0 Å². The van der Waals surface area contributed by atoms with E-state index in [0.717, 1.165) is 6.42 Å². The van der Waals surface area contributed by atoms with Crippen LogP contribution in [0, 0.1) is 5.92 Å². The summed E-state index contributed by atoms with van der Waals surface area (Å²) in [5.74, 6) is 0.238. The van der Waals surface area contributed by atoms with Gasteiger partial charge in [0, 0.05) is 12.5 Å². The quantitative estimate of drug-likeness (QED) is 0.702. The van der Waals surface area contributed by atoms with Crippen molar-refractivity contribution in [1.29, 1.82) is 0 Å². The Bertz CT molecular complexity index is 175. The Morgan fingerprint density at radius 1 is 1.45 bits per heavy atom. The van der Waals surface area contributed by atoms with E-state index in [1.165, 1.54) is 0 Å². The molecule has 0 heterocycles. The molecule has 2 atom stereocenters. The lowest BCUT2D eigenvalue weighted by atomic mass is 10.4. The first-order valence-corrected chi connectivity index (χ1v) is 4.62. The first-order chi connectivity index (χ1) is 5.16. The molecule has 1 rings (SSSR count). The van der Waals surface area contributed by atoms with Crippen molar-refractivity contribution in [1.82, 2.24) is 0 Å². The molecule has 0 aliphatic heterocycles. The van der Waals surface area contributed by atoms with Crippen molar-refractivity contribution in [3.05, 3.63) is 9.52 Å². The lowest BCUT2D eigenvalue weighted by Gasteiger charge is -1.98. The van der Waals surface area contributed by atoms with Gasteiger partial charge in [0.25, 0.3) is 0 Å². The van der Waals surface area contributed by atoms with E-state index < -0.39 is 0 Å². The van der Waals surface area contributed by atoms with Crippen molar-refractivity contribution in [2.24, 2.45) is 5.92 Å². The van der Waals surface area contributed by atoms with Crippen molar-refractivity contribution in [3.8, 4) is 0 Å². The highest BCUT2D eigenvalue weighted by molar-refractivity contribution is 6.59. The molecule has 0 aromatic heterocycles. The molecule has 0 aromatic carbocycles. The molecule has 64 valence electrons. The Morgan fingerprint density at radius 2 is 2.09 bits per heavy atom. The molecule has 1 saturated carbocycles. The SMILES string of the molecule is CCO[C@H]1C[C@@H]1C(Cl)=C(Cl)Cl. The summed E-state index contributed by atoms with van der Waals surface area (Å²) in [5.41, 5.74) is 0. The third-order valence-electron chi connectivity index (χ3n) is 1.62. The minimum Gasteiger partial charge on any atom is -0.378 e. The van der Waals surface area contributed by atoms with Gasteiger partial charge in [-0.05, 0) is 13.3 Å². The van der Waals surface area contributed by atoms with Crippen LogP contribution in [0.15, 0.2) is 9.52 Å². The maximum absolute atomic E-state index is 5.78. The maximum atomic E-state index is 5.78. The summed E-state index contributed by atoms with van der Waals surface area (Å²) in [7, 11) is 0. The predicted octanol–water partition coefficient (Wildman–Crippen LogP) is 3.30. The molecule has 1 aliphatic rings. The molecule has 1 fully saturated rings. The second kappa shape index (κ2) is 3.99. The molecule has 0 aromatic rings. The largest absolute Gasteiger partial charge is 0.378 e. The van der Waals surface area contributed by atoms with Crippen LogP contribution in [0.2, 0.25) is 0 Å². The zero-order chi connectivity index (χ0) is 8.43. The number of rotatable bonds is 3. The fourth-order valence-corrected chi connectivity index (χ4v) is 1.49. The molecule has 11 heavy (non-hydrogen) atoms. The zero-order valence-electron chi connectivity index (χ0n) is 6.11. The highest BCUT2D eigenvalue weighted by atomic mass is 35.5. The summed E-state index contributed by atoms with van der Waals surface area (Å²) in [6.07, 6.45) is 1.18. The summed E-state index contributed by atoms with van der Waals surface area (Å²) in [6, 6.07) is 0. The molecule has 0 N–H and O–H groups in total. The second-order valence-corrected chi connectivity index (χ2v) is 3.80. The van der Waals surface area contributed by atoms with E-state index in [-0.39, 0.29) is 16.5 Å². The fourth-order valence-electron chi connectivity index (χ4n) is 0.977. The van der Waals surface area contributed by atoms with Gasteiger partial charge in [0.05, 0.1) is 11.1 Å². The molecule has 0 spiro atoms. The van der Waals surface area contributed by atoms with E-state index in [0.29, 0.717) is 11.6 Å². The van der Waals surface area contributed by atoms with Gasteiger partial charge in [0.1, 0.15) is 4.49 Å². The van der Waals surface area contributed by atoms with Gasteiger partial charge in [0.15, 0.2) is 0 Å². The first kappa shape index (κ1) is 9.66. The van der Waals surface area contributed by atoms with Gasteiger partial charge in [-0.25, -0.2) is 0 Å². The van der Waals surface area contributed by atoms with E-state index in [1.807, 2.05) is 6.92 Å². The zero-order valence-corrected chi connectivity index (χ0v) is 8.38. The van der Waals surface area contributed by atoms with Crippen LogP contribution in [0.25, 0.3) is 0 Å². The van der Waals surface area contributed by atoms with E-state index >= 15 is 0 Å². The van der Waals surface area contributed by atoms with E-state index in [9.17, 15) is 0 Å². The van der Waals surface area contributed by atoms with E-state index in [4.69, 9.17) is 39.5 Å². The van der Waals surface area contributed by atoms with Crippen LogP contribution in [-0.4, -0.2) is 12.7 Å². The Kier molecular flexibility index (Phi) is 3.51. The third kappa shape index (κ3) is 2.51. The highest BCUT2D eigenvalue weighted by Gasteiger charge is 2.41. The Hall–Kier alpha value is 0.570.